The van der Waals surface area contributed by atoms with Crippen LogP contribution in [-0.2, 0) is 6.54 Å². The van der Waals surface area contributed by atoms with Crippen LogP contribution in [0.15, 0.2) is 18.2 Å². The van der Waals surface area contributed by atoms with Crippen molar-refractivity contribution in [2.75, 3.05) is 78.5 Å². The summed E-state index contributed by atoms with van der Waals surface area (Å²) in [5, 5.41) is 9.95. The number of benzene rings is 1. The topological polar surface area (TPSA) is 172 Å². The number of nitrogens with zero attached hydrogens (tertiary/aromatic N) is 7. The monoisotopic (exact) mass is 656 g/mol. The highest BCUT2D eigenvalue weighted by atomic mass is 16.5. The van der Waals surface area contributed by atoms with Crippen LogP contribution < -0.4 is 44.4 Å². The minimum absolute atomic E-state index is 0.238. The average molecular weight is 657 g/mol. The largest absolute Gasteiger partial charge is 0.490 e. The van der Waals surface area contributed by atoms with E-state index in [1.807, 2.05) is 19.9 Å². The number of anilines is 2. The summed E-state index contributed by atoms with van der Waals surface area (Å²) in [6.07, 6.45) is 4.09. The maximum absolute atomic E-state index is 5.75. The van der Waals surface area contributed by atoms with Gasteiger partial charge in [-0.25, -0.2) is 0 Å². The molecule has 16 nitrogen and oxygen atoms in total. The van der Waals surface area contributed by atoms with Gasteiger partial charge < -0.3 is 44.4 Å². The van der Waals surface area contributed by atoms with Crippen LogP contribution in [0.2, 0.25) is 0 Å². The van der Waals surface area contributed by atoms with Gasteiger partial charge in [-0.3, -0.25) is 4.90 Å². The molecule has 2 aliphatic heterocycles. The summed E-state index contributed by atoms with van der Waals surface area (Å²) in [6.45, 7) is 10.1. The van der Waals surface area contributed by atoms with Gasteiger partial charge in [-0.2, -0.15) is 19.9 Å². The Balaban J connectivity index is 0.000000248. The van der Waals surface area contributed by atoms with Crippen molar-refractivity contribution >= 4 is 11.9 Å². The number of likely N-dealkylation sites (tertiary alicyclic amines) is 1. The highest BCUT2D eigenvalue weighted by molar-refractivity contribution is 5.43. The number of piperidine rings is 2. The lowest BCUT2D eigenvalue weighted by Gasteiger charge is -2.32. The molecule has 2 fully saturated rings. The van der Waals surface area contributed by atoms with Crippen LogP contribution in [0.3, 0.4) is 0 Å². The van der Waals surface area contributed by atoms with Crippen LogP contribution in [-0.4, -0.2) is 115 Å². The molecule has 47 heavy (non-hydrogen) atoms. The molecule has 0 amide bonds. The first-order valence-corrected chi connectivity index (χ1v) is 16.0. The van der Waals surface area contributed by atoms with E-state index in [4.69, 9.17) is 28.4 Å². The van der Waals surface area contributed by atoms with Crippen molar-refractivity contribution in [1.29, 1.82) is 0 Å². The van der Waals surface area contributed by atoms with E-state index in [-0.39, 0.29) is 30.1 Å². The van der Waals surface area contributed by atoms with Gasteiger partial charge in [0.1, 0.15) is 0 Å². The first-order valence-electron chi connectivity index (χ1n) is 16.0. The quantitative estimate of drug-likeness (QED) is 0.231. The number of rotatable bonds is 14. The van der Waals surface area contributed by atoms with Crippen LogP contribution in [0.25, 0.3) is 0 Å². The van der Waals surface area contributed by atoms with Gasteiger partial charge >= 0.3 is 24.0 Å². The highest BCUT2D eigenvalue weighted by Crippen LogP contribution is 2.29. The van der Waals surface area contributed by atoms with Gasteiger partial charge in [-0.05, 0) is 70.3 Å². The minimum atomic E-state index is 0.238. The van der Waals surface area contributed by atoms with Crippen LogP contribution in [0.1, 0.15) is 45.1 Å². The van der Waals surface area contributed by atoms with Crippen molar-refractivity contribution in [3.05, 3.63) is 23.8 Å². The molecule has 16 heteroatoms. The molecule has 0 aliphatic carbocycles. The molecule has 4 heterocycles. The van der Waals surface area contributed by atoms with E-state index in [1.165, 1.54) is 34.0 Å². The van der Waals surface area contributed by atoms with Gasteiger partial charge in [0.15, 0.2) is 11.5 Å². The van der Waals surface area contributed by atoms with Crippen molar-refractivity contribution in [2.24, 2.45) is 0 Å². The van der Waals surface area contributed by atoms with Crippen LogP contribution >= 0.6 is 0 Å². The molecular weight excluding hydrogens is 608 g/mol. The number of nitrogens with one attached hydrogen (secondary N) is 3. The molecule has 2 saturated heterocycles. The SMILES string of the molecule is CCOc1ccc(CN2CCC(Nc3nc(OC)nc(OC)n3)CC2)cc1OCC.COc1nc(NC2CCNCC2)nc(OC)n1. The highest BCUT2D eigenvalue weighted by Gasteiger charge is 2.21. The number of hydrogen-bond acceptors (Lipinski definition) is 16. The van der Waals surface area contributed by atoms with E-state index >= 15 is 0 Å². The van der Waals surface area contributed by atoms with Crippen LogP contribution in [0.4, 0.5) is 11.9 Å². The molecule has 258 valence electrons. The summed E-state index contributed by atoms with van der Waals surface area (Å²) in [5.41, 5.74) is 1.22. The van der Waals surface area contributed by atoms with Gasteiger partial charge in [0.25, 0.3) is 0 Å². The van der Waals surface area contributed by atoms with Crippen LogP contribution in [0.5, 0.6) is 35.5 Å². The standard InChI is InChI=1S/C21H31N5O4.C10H17N5O2/c1-5-29-17-8-7-15(13-18(17)30-6-2)14-26-11-9-16(10-12-26)22-19-23-20(27-3)25-21(24-19)28-4;1-16-9-13-8(14-10(15-9)17-2)12-7-3-5-11-6-4-7/h7-8,13,16H,5-6,9-12,14H2,1-4H3,(H,22,23,24,25);7,11H,3-6H2,1-2H3,(H,12,13,14,15). The van der Waals surface area contributed by atoms with Gasteiger partial charge in [0, 0.05) is 31.7 Å². The summed E-state index contributed by atoms with van der Waals surface area (Å²) in [6, 6.07) is 7.86. The Morgan fingerprint density at radius 3 is 1.60 bits per heavy atom. The molecule has 0 spiro atoms. The molecule has 1 aromatic carbocycles. The molecule has 5 rings (SSSR count). The summed E-state index contributed by atoms with van der Waals surface area (Å²) in [4.78, 5) is 27.2. The summed E-state index contributed by atoms with van der Waals surface area (Å²) < 4.78 is 31.6. The van der Waals surface area contributed by atoms with E-state index in [9.17, 15) is 0 Å². The molecular formula is C31H48N10O6. The normalized spacial score (nSPS) is 15.5. The van der Waals surface area contributed by atoms with Crippen molar-refractivity contribution in [3.8, 4) is 35.5 Å². The van der Waals surface area contributed by atoms with Crippen molar-refractivity contribution in [2.45, 2.75) is 58.2 Å². The second-order valence-corrected chi connectivity index (χ2v) is 10.8. The Morgan fingerprint density at radius 2 is 1.13 bits per heavy atom. The molecule has 3 aromatic rings. The lowest BCUT2D eigenvalue weighted by atomic mass is 10.0. The fourth-order valence-corrected chi connectivity index (χ4v) is 5.19. The third-order valence-corrected chi connectivity index (χ3v) is 7.53. The first-order chi connectivity index (χ1) is 23.0. The Kier molecular flexibility index (Phi) is 14.0. The van der Waals surface area contributed by atoms with E-state index in [0.29, 0.717) is 31.2 Å². The summed E-state index contributed by atoms with van der Waals surface area (Å²) in [7, 11) is 6.08. The summed E-state index contributed by atoms with van der Waals surface area (Å²) in [5.74, 6) is 2.59. The van der Waals surface area contributed by atoms with Gasteiger partial charge in [-0.15, -0.1) is 9.97 Å². The first kappa shape index (κ1) is 35.4. The Morgan fingerprint density at radius 1 is 0.660 bits per heavy atom. The van der Waals surface area contributed by atoms with E-state index < -0.39 is 0 Å². The number of ether oxygens (including phenoxy) is 6. The van der Waals surface area contributed by atoms with E-state index in [2.05, 4.69) is 62.9 Å². The molecule has 0 radical (unpaired) electrons. The number of hydrogen-bond donors (Lipinski definition) is 3. The summed E-state index contributed by atoms with van der Waals surface area (Å²) >= 11 is 0. The molecule has 0 atom stereocenters. The smallest absolute Gasteiger partial charge is 0.324 e. The molecule has 0 bridgehead atoms. The Hall–Kier alpha value is -4.44. The fourth-order valence-electron chi connectivity index (χ4n) is 5.19. The molecule has 2 aromatic heterocycles. The van der Waals surface area contributed by atoms with Gasteiger partial charge in [0.2, 0.25) is 11.9 Å². The second-order valence-electron chi connectivity index (χ2n) is 10.8. The Bertz CT molecular complexity index is 1330. The maximum Gasteiger partial charge on any atom is 0.324 e. The minimum Gasteiger partial charge on any atom is -0.490 e. The average Bonchev–Trinajstić information content (AvgIpc) is 3.10. The van der Waals surface area contributed by atoms with Gasteiger partial charge in [-0.1, -0.05) is 6.07 Å². The second kappa shape index (κ2) is 18.6. The number of methoxy groups -OCH3 is 4. The lowest BCUT2D eigenvalue weighted by molar-refractivity contribution is 0.210. The lowest BCUT2D eigenvalue weighted by Crippen LogP contribution is -2.39. The third-order valence-electron chi connectivity index (χ3n) is 7.53. The van der Waals surface area contributed by atoms with Crippen molar-refractivity contribution in [3.63, 3.8) is 0 Å². The molecule has 2 aliphatic rings. The third kappa shape index (κ3) is 11.1. The maximum atomic E-state index is 5.75. The van der Waals surface area contributed by atoms with Crippen LogP contribution in [0, 0.1) is 0 Å². The van der Waals surface area contributed by atoms with Crippen molar-refractivity contribution in [1.82, 2.24) is 40.1 Å². The van der Waals surface area contributed by atoms with Gasteiger partial charge in [0.05, 0.1) is 41.7 Å². The molecule has 0 unspecified atom stereocenters. The molecule has 0 saturated carbocycles. The predicted octanol–water partition coefficient (Wildman–Crippen LogP) is 2.82. The zero-order valence-corrected chi connectivity index (χ0v) is 28.2. The zero-order valence-electron chi connectivity index (χ0n) is 28.2. The number of aromatic nitrogens is 6. The fraction of sp³-hybridized carbons (Fsp3) is 0.613. The zero-order chi connectivity index (χ0) is 33.4. The predicted molar refractivity (Wildman–Crippen MR) is 176 cm³/mol. The van der Waals surface area contributed by atoms with Crippen molar-refractivity contribution < 1.29 is 28.4 Å². The van der Waals surface area contributed by atoms with E-state index in [0.717, 1.165) is 69.9 Å². The molecule has 3 N–H and O–H groups in total. The Labute approximate surface area is 276 Å². The van der Waals surface area contributed by atoms with E-state index in [1.54, 1.807) is 0 Å².